The van der Waals surface area contributed by atoms with Crippen molar-refractivity contribution in [2.75, 3.05) is 19.7 Å². The summed E-state index contributed by atoms with van der Waals surface area (Å²) in [5.74, 6) is -0.148. The highest BCUT2D eigenvalue weighted by Gasteiger charge is 2.28. The normalized spacial score (nSPS) is 22.2. The molecule has 1 saturated heterocycles. The van der Waals surface area contributed by atoms with Crippen molar-refractivity contribution in [3.05, 3.63) is 35.4 Å². The zero-order chi connectivity index (χ0) is 17.0. The van der Waals surface area contributed by atoms with E-state index in [0.29, 0.717) is 24.2 Å². The van der Waals surface area contributed by atoms with Gasteiger partial charge in [0.25, 0.3) is 5.91 Å². The first kappa shape index (κ1) is 17.7. The number of nitrogens with zero attached hydrogens (tertiary/aromatic N) is 1. The van der Waals surface area contributed by atoms with Crippen LogP contribution in [-0.4, -0.2) is 48.9 Å². The highest BCUT2D eigenvalue weighted by Crippen LogP contribution is 2.18. The van der Waals surface area contributed by atoms with Crippen LogP contribution < -0.4 is 0 Å². The van der Waals surface area contributed by atoms with Gasteiger partial charge in [0.05, 0.1) is 18.8 Å². The monoisotopic (exact) mass is 331 g/mol. The summed E-state index contributed by atoms with van der Waals surface area (Å²) < 4.78 is 46.5. The summed E-state index contributed by atoms with van der Waals surface area (Å²) in [6.45, 7) is 3.31. The third-order valence-electron chi connectivity index (χ3n) is 3.42. The predicted octanol–water partition coefficient (Wildman–Crippen LogP) is 3.01. The number of halogens is 3. The van der Waals surface area contributed by atoms with Crippen molar-refractivity contribution < 1.29 is 27.4 Å². The Labute approximate surface area is 133 Å². The first-order valence-electron chi connectivity index (χ1n) is 7.43. The fraction of sp³-hybridized carbons (Fsp3) is 0.562. The van der Waals surface area contributed by atoms with Gasteiger partial charge in [-0.05, 0) is 31.5 Å². The number of morpholine rings is 1. The second-order valence-electron chi connectivity index (χ2n) is 5.78. The van der Waals surface area contributed by atoms with Crippen LogP contribution in [0.15, 0.2) is 24.3 Å². The first-order chi connectivity index (χ1) is 10.7. The molecule has 1 aromatic rings. The Hall–Kier alpha value is -1.60. The average Bonchev–Trinajstić information content (AvgIpc) is 2.44. The van der Waals surface area contributed by atoms with Crippen molar-refractivity contribution >= 4 is 5.91 Å². The summed E-state index contributed by atoms with van der Waals surface area (Å²) in [5, 5.41) is 0. The molecule has 1 fully saturated rings. The summed E-state index contributed by atoms with van der Waals surface area (Å²) in [7, 11) is 0. The third-order valence-corrected chi connectivity index (χ3v) is 3.42. The van der Waals surface area contributed by atoms with E-state index in [1.54, 1.807) is 29.2 Å². The largest absolute Gasteiger partial charge is 0.411 e. The van der Waals surface area contributed by atoms with Gasteiger partial charge in [-0.1, -0.05) is 12.1 Å². The molecular weight excluding hydrogens is 311 g/mol. The molecule has 23 heavy (non-hydrogen) atoms. The van der Waals surface area contributed by atoms with Crippen molar-refractivity contribution in [1.29, 1.82) is 0 Å². The second kappa shape index (κ2) is 7.31. The number of hydrogen-bond donors (Lipinski definition) is 0. The van der Waals surface area contributed by atoms with Gasteiger partial charge in [0.1, 0.15) is 6.61 Å². The number of amides is 1. The summed E-state index contributed by atoms with van der Waals surface area (Å²) >= 11 is 0. The maximum Gasteiger partial charge on any atom is 0.411 e. The van der Waals surface area contributed by atoms with Crippen LogP contribution in [0.25, 0.3) is 0 Å². The van der Waals surface area contributed by atoms with Gasteiger partial charge < -0.3 is 14.4 Å². The Morgan fingerprint density at radius 1 is 1.30 bits per heavy atom. The van der Waals surface area contributed by atoms with Crippen molar-refractivity contribution in [2.24, 2.45) is 0 Å². The van der Waals surface area contributed by atoms with E-state index in [9.17, 15) is 18.0 Å². The lowest BCUT2D eigenvalue weighted by atomic mass is 10.1. The lowest BCUT2D eigenvalue weighted by molar-refractivity contribution is -0.176. The number of rotatable bonds is 4. The Morgan fingerprint density at radius 2 is 1.96 bits per heavy atom. The molecular formula is C16H20F3NO3. The number of carbonyl (C=O) groups is 1. The van der Waals surface area contributed by atoms with E-state index in [1.807, 2.05) is 13.8 Å². The highest BCUT2D eigenvalue weighted by atomic mass is 19.4. The van der Waals surface area contributed by atoms with Crippen LogP contribution in [-0.2, 0) is 16.1 Å². The molecule has 0 unspecified atom stereocenters. The van der Waals surface area contributed by atoms with Gasteiger partial charge in [0, 0.05) is 18.7 Å². The molecule has 2 atom stereocenters. The zero-order valence-corrected chi connectivity index (χ0v) is 13.1. The van der Waals surface area contributed by atoms with Crippen molar-refractivity contribution in [3.8, 4) is 0 Å². The topological polar surface area (TPSA) is 38.8 Å². The molecule has 1 aromatic carbocycles. The van der Waals surface area contributed by atoms with E-state index in [0.717, 1.165) is 0 Å². The van der Waals surface area contributed by atoms with Crippen LogP contribution in [0.2, 0.25) is 0 Å². The highest BCUT2D eigenvalue weighted by molar-refractivity contribution is 5.94. The minimum Gasteiger partial charge on any atom is -0.372 e. The van der Waals surface area contributed by atoms with Crippen LogP contribution in [0.1, 0.15) is 29.8 Å². The number of carbonyl (C=O) groups excluding carboxylic acids is 1. The molecule has 2 rings (SSSR count). The van der Waals surface area contributed by atoms with Gasteiger partial charge in [-0.3, -0.25) is 4.79 Å². The number of alkyl halides is 3. The van der Waals surface area contributed by atoms with Crippen molar-refractivity contribution in [1.82, 2.24) is 4.90 Å². The quantitative estimate of drug-likeness (QED) is 0.851. The number of ether oxygens (including phenoxy) is 2. The third kappa shape index (κ3) is 5.51. The average molecular weight is 331 g/mol. The lowest BCUT2D eigenvalue weighted by Crippen LogP contribution is -2.48. The van der Waals surface area contributed by atoms with E-state index >= 15 is 0 Å². The summed E-state index contributed by atoms with van der Waals surface area (Å²) in [6.07, 6.45) is -4.44. The SMILES string of the molecule is C[C@@H]1CN(C(=O)c2cccc(COCC(F)(F)F)c2)C[C@@H](C)O1. The lowest BCUT2D eigenvalue weighted by Gasteiger charge is -2.35. The minimum absolute atomic E-state index is 0.0407. The van der Waals surface area contributed by atoms with Crippen LogP contribution in [0.3, 0.4) is 0 Å². The number of benzene rings is 1. The molecule has 1 aliphatic rings. The molecule has 1 aliphatic heterocycles. The maximum absolute atomic E-state index is 12.5. The predicted molar refractivity (Wildman–Crippen MR) is 78.1 cm³/mol. The Morgan fingerprint density at radius 3 is 2.57 bits per heavy atom. The molecule has 0 bridgehead atoms. The molecule has 0 radical (unpaired) electrons. The molecule has 0 aromatic heterocycles. The molecule has 1 heterocycles. The smallest absolute Gasteiger partial charge is 0.372 e. The van der Waals surface area contributed by atoms with Crippen molar-refractivity contribution in [2.45, 2.75) is 38.8 Å². The molecule has 0 spiro atoms. The van der Waals surface area contributed by atoms with Crippen LogP contribution >= 0.6 is 0 Å². The van der Waals surface area contributed by atoms with Gasteiger partial charge in [-0.15, -0.1) is 0 Å². The van der Waals surface area contributed by atoms with Gasteiger partial charge >= 0.3 is 6.18 Å². The Bertz CT molecular complexity index is 538. The van der Waals surface area contributed by atoms with Gasteiger partial charge in [0.15, 0.2) is 0 Å². The van der Waals surface area contributed by atoms with E-state index in [1.165, 1.54) is 0 Å². The van der Waals surface area contributed by atoms with E-state index in [4.69, 9.17) is 4.74 Å². The van der Waals surface area contributed by atoms with Crippen LogP contribution in [0.4, 0.5) is 13.2 Å². The first-order valence-corrected chi connectivity index (χ1v) is 7.43. The van der Waals surface area contributed by atoms with Gasteiger partial charge in [-0.25, -0.2) is 0 Å². The number of hydrogen-bond acceptors (Lipinski definition) is 3. The molecule has 7 heteroatoms. The molecule has 4 nitrogen and oxygen atoms in total. The standard InChI is InChI=1S/C16H20F3NO3/c1-11-7-20(8-12(2)23-11)15(21)14-5-3-4-13(6-14)9-22-10-16(17,18)19/h3-6,11-12H,7-10H2,1-2H3/t11-,12-/m1/s1. The van der Waals surface area contributed by atoms with Gasteiger partial charge in [-0.2, -0.15) is 13.2 Å². The summed E-state index contributed by atoms with van der Waals surface area (Å²) in [5.41, 5.74) is 0.980. The Balaban J connectivity index is 1.99. The van der Waals surface area contributed by atoms with Crippen LogP contribution in [0.5, 0.6) is 0 Å². The molecule has 0 aliphatic carbocycles. The molecule has 128 valence electrons. The van der Waals surface area contributed by atoms with E-state index in [2.05, 4.69) is 4.74 Å². The molecule has 0 saturated carbocycles. The van der Waals surface area contributed by atoms with Gasteiger partial charge in [0.2, 0.25) is 0 Å². The fourth-order valence-corrected chi connectivity index (χ4v) is 2.61. The minimum atomic E-state index is -4.35. The molecule has 1 amide bonds. The van der Waals surface area contributed by atoms with E-state index in [-0.39, 0.29) is 24.7 Å². The van der Waals surface area contributed by atoms with Crippen LogP contribution in [0, 0.1) is 0 Å². The van der Waals surface area contributed by atoms with Crippen molar-refractivity contribution in [3.63, 3.8) is 0 Å². The summed E-state index contributed by atoms with van der Waals surface area (Å²) in [6, 6.07) is 6.51. The van der Waals surface area contributed by atoms with E-state index < -0.39 is 12.8 Å². The Kier molecular flexibility index (Phi) is 5.64. The maximum atomic E-state index is 12.5. The second-order valence-corrected chi connectivity index (χ2v) is 5.78. The zero-order valence-electron chi connectivity index (χ0n) is 13.1. The molecule has 0 N–H and O–H groups in total. The fourth-order valence-electron chi connectivity index (χ4n) is 2.61. The summed E-state index contributed by atoms with van der Waals surface area (Å²) in [4.78, 5) is 14.2.